The molecule has 0 amide bonds. The van der Waals surface area contributed by atoms with E-state index in [2.05, 4.69) is 87.5 Å². The minimum absolute atomic E-state index is 0. The first-order chi connectivity index (χ1) is 34.4. The topological polar surface area (TPSA) is 165 Å². The van der Waals surface area contributed by atoms with Crippen LogP contribution in [0.4, 0.5) is 0 Å². The molecule has 22 heteroatoms. The number of fused-ring (bicyclic) bond motifs is 3. The predicted octanol–water partition coefficient (Wildman–Crippen LogP) is 12.0. The van der Waals surface area contributed by atoms with Crippen molar-refractivity contribution < 1.29 is 19.3 Å². The van der Waals surface area contributed by atoms with Gasteiger partial charge in [0.05, 0.1) is 89.6 Å². The van der Waals surface area contributed by atoms with Gasteiger partial charge in [-0.05, 0) is 103 Å². The number of H-pyrrole nitrogens is 1. The molecule has 2 N–H and O–H groups in total. The third-order valence-corrected chi connectivity index (χ3v) is 13.5. The van der Waals surface area contributed by atoms with Crippen LogP contribution in [0.5, 0.6) is 5.75 Å². The molecule has 394 valence electrons. The molecule has 0 unspecified atom stereocenters. The third-order valence-electron chi connectivity index (χ3n) is 11.2. The number of ether oxygens (including phenoxy) is 3. The zero-order chi connectivity index (χ0) is 49.9. The lowest BCUT2D eigenvalue weighted by atomic mass is 10.2. The number of aromatic amines is 1. The summed E-state index contributed by atoms with van der Waals surface area (Å²) in [6.45, 7) is 11.5. The number of hydrogen-bond acceptors (Lipinski definition) is 12. The van der Waals surface area contributed by atoms with Crippen LogP contribution in [0.1, 0.15) is 27.8 Å². The van der Waals surface area contributed by atoms with E-state index in [1.807, 2.05) is 94.8 Å². The highest BCUT2D eigenvalue weighted by atomic mass is 79.9. The standard InChI is InChI=1S/C18H18BrClN4O2.C13H9BrClN3.C12H7BrClN3O.C6H13NO2.3CH4/c19-17-3-1-2-14(22-17)15-11-21-18-10-16(13(20)12-24(15)18)26-9-6-23-4-7-25-8-5-23;1-8-5-13-16-6-11(18(13)7-9(8)15)10-3-2-4-12(14)17-10;13-11-3-1-2-8(16-11)9-5-15-12-4-10(18)7(14)6-17(9)12;8-4-1-7-2-5-9-6-3-7;;;/h1-3,10-12H,4-9H2;2-7H,1H3;1-6,15H;8H,1-6H2;3*1H4. The molecule has 0 bridgehead atoms. The molecular weight excluding hydrogens is 1200 g/mol. The summed E-state index contributed by atoms with van der Waals surface area (Å²) in [6, 6.07) is 22.5. The van der Waals surface area contributed by atoms with Gasteiger partial charge in [-0.1, -0.05) is 75.3 Å². The van der Waals surface area contributed by atoms with Crippen molar-refractivity contribution >= 4 is 99.5 Å². The first-order valence-electron chi connectivity index (χ1n) is 22.4. The normalized spacial score (nSPS) is 13.5. The summed E-state index contributed by atoms with van der Waals surface area (Å²) in [5, 5.41) is 9.99. The van der Waals surface area contributed by atoms with Crippen LogP contribution in [0.25, 0.3) is 51.1 Å². The monoisotopic (exact) mass is 1260 g/mol. The number of β-amino-alcohol motifs (C(OH)–C–C–N with tert-alkyl or cyclic N) is 1. The fourth-order valence-corrected chi connectivity index (χ4v) is 9.07. The second-order valence-corrected chi connectivity index (χ2v) is 19.6. The summed E-state index contributed by atoms with van der Waals surface area (Å²) in [7, 11) is 0. The van der Waals surface area contributed by atoms with E-state index in [-0.39, 0.29) is 39.3 Å². The zero-order valence-electron chi connectivity index (χ0n) is 38.2. The number of hydrogen-bond donors (Lipinski definition) is 2. The summed E-state index contributed by atoms with van der Waals surface area (Å²) < 4.78 is 24.4. The van der Waals surface area contributed by atoms with Gasteiger partial charge in [-0.25, -0.2) is 24.9 Å². The molecule has 16 nitrogen and oxygen atoms in total. The molecule has 2 aliphatic rings. The van der Waals surface area contributed by atoms with Gasteiger partial charge in [-0.15, -0.1) is 0 Å². The number of rotatable bonds is 9. The number of aryl methyl sites for hydroxylation is 1. The van der Waals surface area contributed by atoms with Gasteiger partial charge in [0.2, 0.25) is 5.43 Å². The molecule has 74 heavy (non-hydrogen) atoms. The minimum atomic E-state index is -0.202. The van der Waals surface area contributed by atoms with E-state index in [1.165, 1.54) is 6.07 Å². The highest BCUT2D eigenvalue weighted by molar-refractivity contribution is 9.11. The van der Waals surface area contributed by atoms with Gasteiger partial charge in [0.25, 0.3) is 0 Å². The number of aromatic nitrogens is 9. The Bertz CT molecular complexity index is 3290. The van der Waals surface area contributed by atoms with E-state index in [9.17, 15) is 4.79 Å². The zero-order valence-corrected chi connectivity index (χ0v) is 45.2. The second kappa shape index (κ2) is 28.9. The summed E-state index contributed by atoms with van der Waals surface area (Å²) in [4.78, 5) is 41.1. The van der Waals surface area contributed by atoms with E-state index in [4.69, 9.17) is 54.1 Å². The molecule has 0 aliphatic carbocycles. The van der Waals surface area contributed by atoms with E-state index in [0.717, 1.165) is 136 Å². The van der Waals surface area contributed by atoms with Crippen molar-refractivity contribution in [3.8, 4) is 39.9 Å². The quantitative estimate of drug-likeness (QED) is 0.132. The minimum Gasteiger partial charge on any atom is -0.490 e. The highest BCUT2D eigenvalue weighted by Gasteiger charge is 2.15. The molecule has 0 spiro atoms. The fourth-order valence-electron chi connectivity index (χ4n) is 7.52. The Balaban J connectivity index is 0.000000189. The molecular formula is C52H59Br3Cl3N11O5. The molecule has 2 fully saturated rings. The molecule has 0 aromatic carbocycles. The molecule has 0 atom stereocenters. The van der Waals surface area contributed by atoms with Crippen LogP contribution in [-0.4, -0.2) is 137 Å². The van der Waals surface area contributed by atoms with Gasteiger partial charge >= 0.3 is 0 Å². The fraction of sp³-hybridized carbons (Fsp3) is 0.308. The third kappa shape index (κ3) is 15.7. The average molecular weight is 1260 g/mol. The Morgan fingerprint density at radius 2 is 1.11 bits per heavy atom. The first-order valence-corrected chi connectivity index (χ1v) is 25.9. The second-order valence-electron chi connectivity index (χ2n) is 16.0. The van der Waals surface area contributed by atoms with Crippen LogP contribution in [-0.2, 0) is 9.47 Å². The maximum atomic E-state index is 11.4. The Labute approximate surface area is 471 Å². The van der Waals surface area contributed by atoms with Crippen LogP contribution in [0, 0.1) is 6.92 Å². The van der Waals surface area contributed by atoms with E-state index in [0.29, 0.717) is 23.0 Å². The Morgan fingerprint density at radius 3 is 1.62 bits per heavy atom. The van der Waals surface area contributed by atoms with Gasteiger partial charge in [-0.2, -0.15) is 0 Å². The number of morpholine rings is 2. The summed E-state index contributed by atoms with van der Waals surface area (Å²) in [6.07, 6.45) is 10.7. The molecule has 11 rings (SSSR count). The Morgan fingerprint density at radius 1 is 0.635 bits per heavy atom. The van der Waals surface area contributed by atoms with E-state index in [1.54, 1.807) is 29.2 Å². The van der Waals surface area contributed by atoms with Crippen molar-refractivity contribution in [1.29, 1.82) is 0 Å². The summed E-state index contributed by atoms with van der Waals surface area (Å²) in [5.74, 6) is 0.645. The molecule has 0 radical (unpaired) electrons. The molecule has 2 aliphatic heterocycles. The number of nitrogens with one attached hydrogen (secondary N) is 1. The lowest BCUT2D eigenvalue weighted by molar-refractivity contribution is 0.0306. The number of imidazole rings is 3. The van der Waals surface area contributed by atoms with Crippen molar-refractivity contribution in [3.05, 3.63) is 155 Å². The molecule has 0 saturated carbocycles. The number of pyridine rings is 6. The maximum absolute atomic E-state index is 11.4. The van der Waals surface area contributed by atoms with Crippen molar-refractivity contribution in [2.24, 2.45) is 0 Å². The maximum Gasteiger partial charge on any atom is 0.202 e. The van der Waals surface area contributed by atoms with Crippen molar-refractivity contribution in [1.82, 2.24) is 52.9 Å². The summed E-state index contributed by atoms with van der Waals surface area (Å²) >= 11 is 28.6. The van der Waals surface area contributed by atoms with Crippen molar-refractivity contribution in [3.63, 3.8) is 0 Å². The predicted molar refractivity (Wildman–Crippen MR) is 308 cm³/mol. The number of halogens is 6. The first kappa shape index (κ1) is 60.1. The Kier molecular flexibility index (Phi) is 23.5. The van der Waals surface area contributed by atoms with E-state index >= 15 is 0 Å². The van der Waals surface area contributed by atoms with Gasteiger partial charge in [0.1, 0.15) is 48.1 Å². The number of nitrogens with zero attached hydrogens (tertiary/aromatic N) is 10. The van der Waals surface area contributed by atoms with Crippen LogP contribution in [0.15, 0.2) is 129 Å². The van der Waals surface area contributed by atoms with Crippen LogP contribution >= 0.6 is 82.6 Å². The van der Waals surface area contributed by atoms with Gasteiger partial charge in [-0.3, -0.25) is 27.8 Å². The van der Waals surface area contributed by atoms with Crippen molar-refractivity contribution in [2.75, 3.05) is 78.9 Å². The smallest absolute Gasteiger partial charge is 0.202 e. The lowest BCUT2D eigenvalue weighted by Gasteiger charge is -2.26. The van der Waals surface area contributed by atoms with E-state index < -0.39 is 0 Å². The molecule has 9 aromatic heterocycles. The van der Waals surface area contributed by atoms with Crippen LogP contribution < -0.4 is 10.2 Å². The van der Waals surface area contributed by atoms with Crippen LogP contribution in [0.3, 0.4) is 0 Å². The number of aliphatic hydroxyl groups excluding tert-OH is 1. The van der Waals surface area contributed by atoms with Crippen LogP contribution in [0.2, 0.25) is 15.1 Å². The molecule has 11 heterocycles. The molecule has 2 saturated heterocycles. The number of aliphatic hydroxyl groups is 1. The SMILES string of the molecule is C.C.C.Cc1cc2ncc(-c3cccc(Br)n3)n2cc1Cl.Clc1cn2c(-c3cccc(Br)n3)cnc2cc1OCCN1CCOCC1.O=c1cc2[nH]cc(-c3cccc(Br)n3)n2cc1Cl.OCCN1CCOCC1. The van der Waals surface area contributed by atoms with Gasteiger partial charge < -0.3 is 24.3 Å². The summed E-state index contributed by atoms with van der Waals surface area (Å²) in [5.41, 5.74) is 8.25. The Hall–Kier alpha value is -4.77. The largest absolute Gasteiger partial charge is 0.490 e. The molecule has 9 aromatic rings. The highest BCUT2D eigenvalue weighted by Crippen LogP contribution is 2.30. The average Bonchev–Trinajstić information content (AvgIpc) is 4.10. The van der Waals surface area contributed by atoms with Gasteiger partial charge in [0, 0.05) is 76.2 Å². The van der Waals surface area contributed by atoms with Crippen molar-refractivity contribution in [2.45, 2.75) is 29.2 Å². The lowest BCUT2D eigenvalue weighted by Crippen LogP contribution is -2.38. The van der Waals surface area contributed by atoms with Gasteiger partial charge in [0.15, 0.2) is 0 Å².